The molecule has 3 aromatic carbocycles. The van der Waals surface area contributed by atoms with Crippen LogP contribution in [-0.2, 0) is 6.54 Å². The maximum atomic E-state index is 12.6. The lowest BCUT2D eigenvalue weighted by molar-refractivity contribution is 0.0951. The van der Waals surface area contributed by atoms with E-state index in [0.717, 1.165) is 44.5 Å². The molecule has 5 aromatic rings. The molecular formula is C29H25N5OS. The van der Waals surface area contributed by atoms with Gasteiger partial charge in [0.25, 0.3) is 5.91 Å². The Hall–Kier alpha value is -4.36. The van der Waals surface area contributed by atoms with Crippen molar-refractivity contribution in [2.24, 2.45) is 0 Å². The van der Waals surface area contributed by atoms with Gasteiger partial charge in [-0.1, -0.05) is 54.6 Å². The highest BCUT2D eigenvalue weighted by atomic mass is 32.1. The zero-order valence-corrected chi connectivity index (χ0v) is 20.8. The molecule has 0 aliphatic carbocycles. The third-order valence-corrected chi connectivity index (χ3v) is 6.50. The van der Waals surface area contributed by atoms with Crippen LogP contribution in [0.25, 0.3) is 21.8 Å². The second-order valence-corrected chi connectivity index (χ2v) is 9.32. The zero-order chi connectivity index (χ0) is 24.9. The van der Waals surface area contributed by atoms with Crippen LogP contribution < -0.4 is 10.6 Å². The number of aryl methyl sites for hydroxylation is 2. The lowest BCUT2D eigenvalue weighted by atomic mass is 10.1. The van der Waals surface area contributed by atoms with Gasteiger partial charge in [0, 0.05) is 45.7 Å². The Morgan fingerprint density at radius 3 is 2.19 bits per heavy atom. The number of benzene rings is 3. The number of thiazole rings is 1. The van der Waals surface area contributed by atoms with Gasteiger partial charge in [-0.3, -0.25) is 4.79 Å². The Kier molecular flexibility index (Phi) is 6.82. The number of nitrogens with one attached hydrogen (secondary N) is 2. The van der Waals surface area contributed by atoms with Gasteiger partial charge in [-0.2, -0.15) is 0 Å². The largest absolute Gasteiger partial charge is 0.348 e. The van der Waals surface area contributed by atoms with E-state index in [4.69, 9.17) is 4.98 Å². The van der Waals surface area contributed by atoms with Crippen LogP contribution in [0.5, 0.6) is 0 Å². The number of hydrogen-bond donors (Lipinski definition) is 2. The van der Waals surface area contributed by atoms with Gasteiger partial charge in [0.05, 0.1) is 5.69 Å². The van der Waals surface area contributed by atoms with Crippen LogP contribution in [-0.4, -0.2) is 20.9 Å². The van der Waals surface area contributed by atoms with Crippen molar-refractivity contribution in [3.63, 3.8) is 0 Å². The minimum absolute atomic E-state index is 0.124. The van der Waals surface area contributed by atoms with E-state index in [-0.39, 0.29) is 5.91 Å². The Morgan fingerprint density at radius 2 is 1.50 bits per heavy atom. The first-order chi connectivity index (χ1) is 17.5. The van der Waals surface area contributed by atoms with Crippen molar-refractivity contribution in [1.82, 2.24) is 20.3 Å². The lowest BCUT2D eigenvalue weighted by Gasteiger charge is -2.09. The average Bonchev–Trinajstić information content (AvgIpc) is 3.38. The van der Waals surface area contributed by atoms with E-state index in [1.165, 1.54) is 0 Å². The third kappa shape index (κ3) is 5.64. The second-order valence-electron chi connectivity index (χ2n) is 8.46. The maximum Gasteiger partial charge on any atom is 0.251 e. The number of hydrogen-bond acceptors (Lipinski definition) is 6. The van der Waals surface area contributed by atoms with Gasteiger partial charge in [-0.15, -0.1) is 11.3 Å². The lowest BCUT2D eigenvalue weighted by Crippen LogP contribution is -2.22. The summed E-state index contributed by atoms with van der Waals surface area (Å²) in [5, 5.41) is 9.22. The molecule has 178 valence electrons. The van der Waals surface area contributed by atoms with E-state index < -0.39 is 0 Å². The summed E-state index contributed by atoms with van der Waals surface area (Å²) in [6, 6.07) is 27.5. The Labute approximate surface area is 214 Å². The van der Waals surface area contributed by atoms with Gasteiger partial charge in [0.1, 0.15) is 5.01 Å². The van der Waals surface area contributed by atoms with Crippen molar-refractivity contribution in [3.8, 4) is 21.8 Å². The van der Waals surface area contributed by atoms with Crippen LogP contribution in [0.3, 0.4) is 0 Å². The number of carbonyl (C=O) groups excluding carboxylic acids is 1. The Morgan fingerprint density at radius 1 is 0.806 bits per heavy atom. The number of nitrogens with zero attached hydrogens (tertiary/aromatic N) is 3. The first-order valence-corrected chi connectivity index (χ1v) is 12.5. The molecule has 0 fully saturated rings. The molecule has 0 unspecified atom stereocenters. The quantitative estimate of drug-likeness (QED) is 0.270. The summed E-state index contributed by atoms with van der Waals surface area (Å²) in [4.78, 5) is 26.2. The molecule has 2 aromatic heterocycles. The summed E-state index contributed by atoms with van der Waals surface area (Å²) >= 11 is 1.63. The zero-order valence-electron chi connectivity index (χ0n) is 20.0. The van der Waals surface area contributed by atoms with E-state index in [1.54, 1.807) is 23.5 Å². The molecule has 0 spiro atoms. The van der Waals surface area contributed by atoms with Gasteiger partial charge in [-0.05, 0) is 49.7 Å². The highest BCUT2D eigenvalue weighted by Crippen LogP contribution is 2.29. The van der Waals surface area contributed by atoms with Crippen LogP contribution >= 0.6 is 11.3 Å². The van der Waals surface area contributed by atoms with Crippen LogP contribution in [0.15, 0.2) is 90.3 Å². The SMILES string of the molecule is Cc1cc(C)nc(Nc2ccc(C(=O)NCc3ccc(-c4nc(-c5ccccc5)cs4)cc3)cc2)n1. The van der Waals surface area contributed by atoms with Crippen molar-refractivity contribution in [2.45, 2.75) is 20.4 Å². The summed E-state index contributed by atoms with van der Waals surface area (Å²) in [6.45, 7) is 4.31. The molecule has 2 N–H and O–H groups in total. The standard InChI is InChI=1S/C29H25N5OS/c1-19-16-20(2)32-29(31-19)33-25-14-12-23(13-15-25)27(35)30-17-21-8-10-24(11-9-21)28-34-26(18-36-28)22-6-4-3-5-7-22/h3-16,18H,17H2,1-2H3,(H,30,35)(H,31,32,33). The molecule has 0 saturated heterocycles. The normalized spacial score (nSPS) is 10.7. The molecule has 5 rings (SSSR count). The second kappa shape index (κ2) is 10.5. The van der Waals surface area contributed by atoms with Crippen molar-refractivity contribution in [1.29, 1.82) is 0 Å². The molecular weight excluding hydrogens is 466 g/mol. The molecule has 6 nitrogen and oxygen atoms in total. The monoisotopic (exact) mass is 491 g/mol. The highest BCUT2D eigenvalue weighted by molar-refractivity contribution is 7.13. The van der Waals surface area contributed by atoms with Crippen molar-refractivity contribution < 1.29 is 4.79 Å². The summed E-state index contributed by atoms with van der Waals surface area (Å²) in [5.74, 6) is 0.419. The maximum absolute atomic E-state index is 12.6. The fourth-order valence-corrected chi connectivity index (χ4v) is 4.65. The fraction of sp³-hybridized carbons (Fsp3) is 0.103. The van der Waals surface area contributed by atoms with Crippen LogP contribution in [0.1, 0.15) is 27.3 Å². The molecule has 0 bridgehead atoms. The van der Waals surface area contributed by atoms with Crippen LogP contribution in [0, 0.1) is 13.8 Å². The number of anilines is 2. The number of carbonyl (C=O) groups is 1. The first-order valence-electron chi connectivity index (χ1n) is 11.6. The number of rotatable bonds is 7. The van der Waals surface area contributed by atoms with E-state index in [0.29, 0.717) is 18.1 Å². The summed E-state index contributed by atoms with van der Waals surface area (Å²) < 4.78 is 0. The van der Waals surface area contributed by atoms with Gasteiger partial charge in [0.2, 0.25) is 5.95 Å². The van der Waals surface area contributed by atoms with E-state index in [9.17, 15) is 4.79 Å². The molecule has 1 amide bonds. The molecule has 0 atom stereocenters. The van der Waals surface area contributed by atoms with Gasteiger partial charge < -0.3 is 10.6 Å². The van der Waals surface area contributed by atoms with Gasteiger partial charge >= 0.3 is 0 Å². The molecule has 2 heterocycles. The van der Waals surface area contributed by atoms with Gasteiger partial charge in [-0.25, -0.2) is 15.0 Å². The summed E-state index contributed by atoms with van der Waals surface area (Å²) in [7, 11) is 0. The fourth-order valence-electron chi connectivity index (χ4n) is 3.81. The number of aromatic nitrogens is 3. The van der Waals surface area contributed by atoms with Crippen LogP contribution in [0.4, 0.5) is 11.6 Å². The predicted molar refractivity (Wildman–Crippen MR) is 145 cm³/mol. The third-order valence-electron chi connectivity index (χ3n) is 5.61. The smallest absolute Gasteiger partial charge is 0.251 e. The average molecular weight is 492 g/mol. The predicted octanol–water partition coefficient (Wildman–Crippen LogP) is 6.56. The Bertz CT molecular complexity index is 1460. The van der Waals surface area contributed by atoms with E-state index >= 15 is 0 Å². The van der Waals surface area contributed by atoms with Crippen molar-refractivity contribution in [3.05, 3.63) is 113 Å². The molecule has 7 heteroatoms. The molecule has 0 aliphatic rings. The first kappa shape index (κ1) is 23.4. The topological polar surface area (TPSA) is 79.8 Å². The summed E-state index contributed by atoms with van der Waals surface area (Å²) in [5.41, 5.74) is 7.40. The summed E-state index contributed by atoms with van der Waals surface area (Å²) in [6.07, 6.45) is 0. The van der Waals surface area contributed by atoms with Crippen molar-refractivity contribution >= 4 is 28.9 Å². The van der Waals surface area contributed by atoms with E-state index in [1.807, 2.05) is 74.5 Å². The minimum atomic E-state index is -0.124. The highest BCUT2D eigenvalue weighted by Gasteiger charge is 2.09. The van der Waals surface area contributed by atoms with E-state index in [2.05, 4.69) is 38.1 Å². The van der Waals surface area contributed by atoms with Gasteiger partial charge in [0.15, 0.2) is 0 Å². The molecule has 0 radical (unpaired) electrons. The molecule has 0 aliphatic heterocycles. The molecule has 36 heavy (non-hydrogen) atoms. The Balaban J connectivity index is 1.17. The van der Waals surface area contributed by atoms with Crippen LogP contribution in [0.2, 0.25) is 0 Å². The molecule has 0 saturated carbocycles. The minimum Gasteiger partial charge on any atom is -0.348 e. The van der Waals surface area contributed by atoms with Crippen molar-refractivity contribution in [2.75, 3.05) is 5.32 Å². The number of amides is 1.